The first-order chi connectivity index (χ1) is 13.4. The second-order valence-corrected chi connectivity index (χ2v) is 7.25. The number of nitrogens with two attached hydrogens (primary N) is 1. The molecule has 0 saturated carbocycles. The molecule has 5 nitrogen and oxygen atoms in total. The molecule has 0 bridgehead atoms. The summed E-state index contributed by atoms with van der Waals surface area (Å²) in [5, 5.41) is 3.63. The Morgan fingerprint density at radius 2 is 1.93 bits per heavy atom. The van der Waals surface area contributed by atoms with Gasteiger partial charge >= 0.3 is 0 Å². The number of anilines is 1. The van der Waals surface area contributed by atoms with Gasteiger partial charge in [0.2, 0.25) is 0 Å². The Morgan fingerprint density at radius 3 is 2.61 bits per heavy atom. The molecule has 2 aromatic rings. The van der Waals surface area contributed by atoms with Gasteiger partial charge in [-0.25, -0.2) is 8.78 Å². The fourth-order valence-electron chi connectivity index (χ4n) is 3.27. The van der Waals surface area contributed by atoms with E-state index in [1.807, 2.05) is 4.90 Å². The van der Waals surface area contributed by atoms with Crippen LogP contribution in [0.3, 0.4) is 0 Å². The molecule has 1 heterocycles. The van der Waals surface area contributed by atoms with Gasteiger partial charge < -0.3 is 10.6 Å². The monoisotopic (exact) mass is 403 g/mol. The third-order valence-corrected chi connectivity index (χ3v) is 4.74. The first kappa shape index (κ1) is 20.2. The summed E-state index contributed by atoms with van der Waals surface area (Å²) in [5.74, 6) is -1.03. The maximum atomic E-state index is 14.5. The average Bonchev–Trinajstić information content (AvgIpc) is 2.65. The van der Waals surface area contributed by atoms with Gasteiger partial charge in [0, 0.05) is 44.4 Å². The summed E-state index contributed by atoms with van der Waals surface area (Å²) >= 11 is 4.61. The molecule has 2 aromatic carbocycles. The summed E-state index contributed by atoms with van der Waals surface area (Å²) in [6.45, 7) is 5.79. The lowest BCUT2D eigenvalue weighted by Gasteiger charge is -2.36. The molecule has 0 unspecified atom stereocenters. The predicted molar refractivity (Wildman–Crippen MR) is 113 cm³/mol. The topological polar surface area (TPSA) is 56.9 Å². The molecule has 3 rings (SSSR count). The number of nitrogens with one attached hydrogen (secondary N) is 1. The van der Waals surface area contributed by atoms with Crippen LogP contribution in [-0.4, -0.2) is 42.4 Å². The van der Waals surface area contributed by atoms with E-state index in [1.165, 1.54) is 17.2 Å². The van der Waals surface area contributed by atoms with Crippen molar-refractivity contribution < 1.29 is 8.78 Å². The van der Waals surface area contributed by atoms with Gasteiger partial charge in [0.05, 0.1) is 11.9 Å². The molecule has 0 aliphatic carbocycles. The summed E-state index contributed by atoms with van der Waals surface area (Å²) < 4.78 is 28.9. The summed E-state index contributed by atoms with van der Waals surface area (Å²) in [6.07, 6.45) is 1.15. The number of benzene rings is 2. The second-order valence-electron chi connectivity index (χ2n) is 6.81. The van der Waals surface area contributed by atoms with Crippen LogP contribution in [0.15, 0.2) is 41.5 Å². The van der Waals surface area contributed by atoms with Crippen LogP contribution in [0.4, 0.5) is 14.5 Å². The van der Waals surface area contributed by atoms with Gasteiger partial charge in [-0.1, -0.05) is 29.8 Å². The molecule has 0 atom stereocenters. The number of hydrogen-bond donors (Lipinski definition) is 2. The summed E-state index contributed by atoms with van der Waals surface area (Å²) in [7, 11) is 0. The Labute approximate surface area is 168 Å². The number of nitrogens with zero attached hydrogens (tertiary/aromatic N) is 3. The number of halogens is 2. The molecule has 0 spiro atoms. The molecule has 148 valence electrons. The van der Waals surface area contributed by atoms with E-state index < -0.39 is 11.6 Å². The number of rotatable bonds is 5. The Balaban J connectivity index is 1.63. The number of aryl methyl sites for hydroxylation is 1. The van der Waals surface area contributed by atoms with Gasteiger partial charge in [0.25, 0.3) is 0 Å². The molecule has 8 heteroatoms. The van der Waals surface area contributed by atoms with E-state index in [0.29, 0.717) is 13.1 Å². The maximum Gasteiger partial charge on any atom is 0.184 e. The molecule has 1 saturated heterocycles. The minimum absolute atomic E-state index is 0.0306. The largest absolute Gasteiger partial charge is 0.375 e. The van der Waals surface area contributed by atoms with E-state index in [9.17, 15) is 8.78 Å². The Kier molecular flexibility index (Phi) is 6.53. The first-order valence-corrected chi connectivity index (χ1v) is 9.43. The molecule has 0 amide bonds. The van der Waals surface area contributed by atoms with Gasteiger partial charge in [-0.3, -0.25) is 10.3 Å². The molecule has 1 fully saturated rings. The molecule has 1 aliphatic heterocycles. The van der Waals surface area contributed by atoms with Gasteiger partial charge in [0.15, 0.2) is 5.11 Å². The van der Waals surface area contributed by atoms with Crippen molar-refractivity contribution >= 4 is 29.2 Å². The van der Waals surface area contributed by atoms with Crippen LogP contribution >= 0.6 is 12.2 Å². The van der Waals surface area contributed by atoms with E-state index in [1.54, 1.807) is 0 Å². The van der Waals surface area contributed by atoms with Gasteiger partial charge in [-0.15, -0.1) is 0 Å². The van der Waals surface area contributed by atoms with Crippen LogP contribution < -0.4 is 16.1 Å². The molecule has 0 radical (unpaired) electrons. The van der Waals surface area contributed by atoms with Crippen LogP contribution in [-0.2, 0) is 6.54 Å². The minimum Gasteiger partial charge on any atom is -0.375 e. The first-order valence-electron chi connectivity index (χ1n) is 9.03. The van der Waals surface area contributed by atoms with Crippen LogP contribution in [0, 0.1) is 18.6 Å². The zero-order valence-corrected chi connectivity index (χ0v) is 16.5. The highest BCUT2D eigenvalue weighted by molar-refractivity contribution is 7.80. The highest BCUT2D eigenvalue weighted by Crippen LogP contribution is 2.24. The van der Waals surface area contributed by atoms with Gasteiger partial charge in [0.1, 0.15) is 11.6 Å². The minimum atomic E-state index is -0.549. The molecule has 28 heavy (non-hydrogen) atoms. The molecule has 3 N–H and O–H groups in total. The number of hydrazone groups is 1. The Hall–Kier alpha value is -2.58. The number of hydrogen-bond acceptors (Lipinski definition) is 4. The van der Waals surface area contributed by atoms with Gasteiger partial charge in [-0.05, 0) is 30.8 Å². The van der Waals surface area contributed by atoms with Crippen molar-refractivity contribution in [2.24, 2.45) is 10.8 Å². The summed E-state index contributed by atoms with van der Waals surface area (Å²) in [5.41, 5.74) is 10.4. The van der Waals surface area contributed by atoms with E-state index in [0.717, 1.165) is 31.9 Å². The van der Waals surface area contributed by atoms with Crippen molar-refractivity contribution in [2.45, 2.75) is 13.5 Å². The van der Waals surface area contributed by atoms with Crippen LogP contribution in [0.25, 0.3) is 0 Å². The normalized spacial score (nSPS) is 15.2. The van der Waals surface area contributed by atoms with Crippen molar-refractivity contribution in [2.75, 3.05) is 31.1 Å². The summed E-state index contributed by atoms with van der Waals surface area (Å²) in [6, 6.07) is 10.8. The highest BCUT2D eigenvalue weighted by atomic mass is 32.1. The molecule has 0 aromatic heterocycles. The van der Waals surface area contributed by atoms with Crippen LogP contribution in [0.5, 0.6) is 0 Å². The fourth-order valence-corrected chi connectivity index (χ4v) is 3.33. The fraction of sp³-hybridized carbons (Fsp3) is 0.300. The SMILES string of the molecule is Cc1cccc(CN2CCN(c3cc(F)c(C=NNC(N)=S)cc3F)CC2)c1. The van der Waals surface area contributed by atoms with Gasteiger partial charge in [-0.2, -0.15) is 5.10 Å². The van der Waals surface area contributed by atoms with Crippen molar-refractivity contribution in [3.8, 4) is 0 Å². The third kappa shape index (κ3) is 5.24. The van der Waals surface area contributed by atoms with Crippen molar-refractivity contribution in [1.29, 1.82) is 0 Å². The number of piperazine rings is 1. The molecular formula is C20H23F2N5S. The van der Waals surface area contributed by atoms with E-state index in [-0.39, 0.29) is 16.4 Å². The second kappa shape index (κ2) is 9.07. The number of thiocarbonyl (C=S) groups is 1. The average molecular weight is 404 g/mol. The zero-order valence-electron chi connectivity index (χ0n) is 15.7. The summed E-state index contributed by atoms with van der Waals surface area (Å²) in [4.78, 5) is 4.20. The lowest BCUT2D eigenvalue weighted by molar-refractivity contribution is 0.249. The highest BCUT2D eigenvalue weighted by Gasteiger charge is 2.21. The smallest absolute Gasteiger partial charge is 0.184 e. The quantitative estimate of drug-likeness (QED) is 0.457. The van der Waals surface area contributed by atoms with E-state index >= 15 is 0 Å². The van der Waals surface area contributed by atoms with Crippen molar-refractivity contribution in [3.05, 3.63) is 64.7 Å². The van der Waals surface area contributed by atoms with E-state index in [2.05, 4.69) is 58.8 Å². The lowest BCUT2D eigenvalue weighted by Crippen LogP contribution is -2.46. The molecular weight excluding hydrogens is 380 g/mol. The standard InChI is InChI=1S/C20H23F2N5S/c1-14-3-2-4-15(9-14)13-26-5-7-27(8-6-26)19-11-17(21)16(10-18(19)22)12-24-25-20(23)28/h2-4,9-12H,5-8,13H2,1H3,(H3,23,25,28). The predicted octanol–water partition coefficient (Wildman–Crippen LogP) is 2.76. The zero-order chi connectivity index (χ0) is 20.1. The Bertz CT molecular complexity index is 879. The van der Waals surface area contributed by atoms with Crippen molar-refractivity contribution in [1.82, 2.24) is 10.3 Å². The maximum absolute atomic E-state index is 14.5. The lowest BCUT2D eigenvalue weighted by atomic mass is 10.1. The molecule has 1 aliphatic rings. The van der Waals surface area contributed by atoms with Crippen molar-refractivity contribution in [3.63, 3.8) is 0 Å². The van der Waals surface area contributed by atoms with E-state index in [4.69, 9.17) is 5.73 Å². The third-order valence-electron chi connectivity index (χ3n) is 4.65. The Morgan fingerprint density at radius 1 is 1.18 bits per heavy atom. The van der Waals surface area contributed by atoms with Crippen LogP contribution in [0.2, 0.25) is 0 Å². The van der Waals surface area contributed by atoms with Crippen LogP contribution in [0.1, 0.15) is 16.7 Å².